The van der Waals surface area contributed by atoms with E-state index in [4.69, 9.17) is 22.1 Å². The molecular weight excluding hydrogens is 422 g/mol. The molecule has 1 aliphatic rings. The van der Waals surface area contributed by atoms with Crippen LogP contribution in [0.3, 0.4) is 0 Å². The number of halogens is 1. The molecule has 7 heteroatoms. The molecule has 1 aromatic heterocycles. The van der Waals surface area contributed by atoms with E-state index in [-0.39, 0.29) is 6.04 Å². The van der Waals surface area contributed by atoms with E-state index >= 15 is 0 Å². The molecule has 1 aliphatic heterocycles. The fourth-order valence-corrected chi connectivity index (χ4v) is 4.00. The average Bonchev–Trinajstić information content (AvgIpc) is 2.81. The Morgan fingerprint density at radius 2 is 1.75 bits per heavy atom. The highest BCUT2D eigenvalue weighted by atomic mass is 35.5. The van der Waals surface area contributed by atoms with E-state index in [9.17, 15) is 0 Å². The van der Waals surface area contributed by atoms with Gasteiger partial charge in [-0.15, -0.1) is 0 Å². The number of nitrogens with one attached hydrogen (secondary N) is 1. The van der Waals surface area contributed by atoms with E-state index in [0.717, 1.165) is 56.9 Å². The highest BCUT2D eigenvalue weighted by Gasteiger charge is 2.11. The summed E-state index contributed by atoms with van der Waals surface area (Å²) in [4.78, 5) is 11.4. The van der Waals surface area contributed by atoms with Crippen molar-refractivity contribution < 1.29 is 4.74 Å². The smallest absolute Gasteiger partial charge is 0.227 e. The zero-order valence-electron chi connectivity index (χ0n) is 18.4. The molecule has 0 saturated carbocycles. The number of hydrogen-bond donors (Lipinski definition) is 2. The topological polar surface area (TPSA) is 76.3 Å². The first-order valence-corrected chi connectivity index (χ1v) is 11.5. The van der Waals surface area contributed by atoms with E-state index in [1.807, 2.05) is 19.1 Å². The number of anilines is 2. The van der Waals surface area contributed by atoms with Crippen molar-refractivity contribution in [2.24, 2.45) is 5.73 Å². The number of nitrogens with two attached hydrogens (primary N) is 1. The van der Waals surface area contributed by atoms with Crippen molar-refractivity contribution in [1.82, 2.24) is 14.9 Å². The zero-order valence-corrected chi connectivity index (χ0v) is 19.2. The predicted molar refractivity (Wildman–Crippen MR) is 131 cm³/mol. The molecule has 168 valence electrons. The predicted octanol–water partition coefficient (Wildman–Crippen LogP) is 4.31. The molecule has 1 fully saturated rings. The molecule has 0 radical (unpaired) electrons. The zero-order chi connectivity index (χ0) is 22.3. The van der Waals surface area contributed by atoms with Crippen LogP contribution in [0.1, 0.15) is 18.1 Å². The lowest BCUT2D eigenvalue weighted by atomic mass is 10.0. The Balaban J connectivity index is 1.40. The van der Waals surface area contributed by atoms with E-state index in [1.165, 1.54) is 11.1 Å². The van der Waals surface area contributed by atoms with Gasteiger partial charge in [0.25, 0.3) is 0 Å². The summed E-state index contributed by atoms with van der Waals surface area (Å²) in [7, 11) is 0. The van der Waals surface area contributed by atoms with Crippen molar-refractivity contribution >= 4 is 23.2 Å². The number of rotatable bonds is 8. The van der Waals surface area contributed by atoms with Crippen molar-refractivity contribution in [3.63, 3.8) is 0 Å². The van der Waals surface area contributed by atoms with Crippen LogP contribution in [-0.4, -0.2) is 53.8 Å². The van der Waals surface area contributed by atoms with Gasteiger partial charge in [-0.2, -0.15) is 0 Å². The first kappa shape index (κ1) is 22.7. The molecule has 3 N–H and O–H groups in total. The molecule has 0 amide bonds. The molecule has 2 aromatic carbocycles. The van der Waals surface area contributed by atoms with E-state index in [2.05, 4.69) is 56.6 Å². The normalized spacial score (nSPS) is 15.5. The molecule has 0 unspecified atom stereocenters. The van der Waals surface area contributed by atoms with Gasteiger partial charge in [0.05, 0.1) is 30.1 Å². The maximum Gasteiger partial charge on any atom is 0.227 e. The van der Waals surface area contributed by atoms with Crippen LogP contribution in [0, 0.1) is 0 Å². The highest BCUT2D eigenvalue weighted by molar-refractivity contribution is 6.32. The SMILES string of the molecule is C[C@@H](N)Cc1ccc(-c2nc(Nc3ccc(CCN4CCOCC4)cc3)ncc2Cl)cc1. The van der Waals surface area contributed by atoms with Crippen molar-refractivity contribution in [3.05, 3.63) is 70.9 Å². The van der Waals surface area contributed by atoms with E-state index in [1.54, 1.807) is 6.20 Å². The molecule has 0 bridgehead atoms. The number of morpholine rings is 1. The maximum atomic E-state index is 6.39. The second-order valence-electron chi connectivity index (χ2n) is 8.29. The lowest BCUT2D eigenvalue weighted by Crippen LogP contribution is -2.37. The first-order chi connectivity index (χ1) is 15.6. The molecule has 0 spiro atoms. The summed E-state index contributed by atoms with van der Waals surface area (Å²) in [6, 6.07) is 16.8. The second-order valence-corrected chi connectivity index (χ2v) is 8.70. The third kappa shape index (κ3) is 6.26. The Hall–Kier alpha value is -2.51. The summed E-state index contributed by atoms with van der Waals surface area (Å²) in [5.41, 5.74) is 11.0. The van der Waals surface area contributed by atoms with Crippen LogP contribution in [0.4, 0.5) is 11.6 Å². The van der Waals surface area contributed by atoms with Gasteiger partial charge in [0.1, 0.15) is 0 Å². The van der Waals surface area contributed by atoms with Gasteiger partial charge in [-0.25, -0.2) is 9.97 Å². The minimum Gasteiger partial charge on any atom is -0.379 e. The van der Waals surface area contributed by atoms with Crippen molar-refractivity contribution in [2.75, 3.05) is 38.2 Å². The largest absolute Gasteiger partial charge is 0.379 e. The lowest BCUT2D eigenvalue weighted by molar-refractivity contribution is 0.0384. The average molecular weight is 452 g/mol. The summed E-state index contributed by atoms with van der Waals surface area (Å²) < 4.78 is 5.41. The van der Waals surface area contributed by atoms with Gasteiger partial charge in [0.15, 0.2) is 0 Å². The lowest BCUT2D eigenvalue weighted by Gasteiger charge is -2.26. The fraction of sp³-hybridized carbons (Fsp3) is 0.360. The molecule has 3 aromatic rings. The van der Waals surface area contributed by atoms with Gasteiger partial charge in [-0.05, 0) is 43.0 Å². The van der Waals surface area contributed by atoms with Crippen molar-refractivity contribution in [3.8, 4) is 11.3 Å². The maximum absolute atomic E-state index is 6.39. The van der Waals surface area contributed by atoms with Crippen molar-refractivity contribution in [1.29, 1.82) is 0 Å². The number of ether oxygens (including phenoxy) is 1. The van der Waals surface area contributed by atoms with Gasteiger partial charge in [0.2, 0.25) is 5.95 Å². The molecule has 1 atom stereocenters. The van der Waals surface area contributed by atoms with Crippen LogP contribution in [0.5, 0.6) is 0 Å². The van der Waals surface area contributed by atoms with Gasteiger partial charge >= 0.3 is 0 Å². The molecule has 2 heterocycles. The Morgan fingerprint density at radius 3 is 2.44 bits per heavy atom. The summed E-state index contributed by atoms with van der Waals surface area (Å²) in [6.07, 6.45) is 3.51. The summed E-state index contributed by atoms with van der Waals surface area (Å²) in [6.45, 7) is 6.77. The molecule has 6 nitrogen and oxygen atoms in total. The van der Waals surface area contributed by atoms with Gasteiger partial charge in [0, 0.05) is 36.9 Å². The Labute approximate surface area is 194 Å². The van der Waals surface area contributed by atoms with E-state index in [0.29, 0.717) is 16.7 Å². The summed E-state index contributed by atoms with van der Waals surface area (Å²) in [5.74, 6) is 0.519. The molecular formula is C25H30ClN5O. The Bertz CT molecular complexity index is 1000. The summed E-state index contributed by atoms with van der Waals surface area (Å²) in [5, 5.41) is 3.81. The van der Waals surface area contributed by atoms with Crippen LogP contribution in [0.15, 0.2) is 54.7 Å². The Kier molecular flexibility index (Phi) is 7.71. The van der Waals surface area contributed by atoms with Crippen LogP contribution in [0.25, 0.3) is 11.3 Å². The van der Waals surface area contributed by atoms with Crippen LogP contribution < -0.4 is 11.1 Å². The minimum absolute atomic E-state index is 0.130. The van der Waals surface area contributed by atoms with Crippen LogP contribution in [-0.2, 0) is 17.6 Å². The molecule has 4 rings (SSSR count). The monoisotopic (exact) mass is 451 g/mol. The third-order valence-corrected chi connectivity index (χ3v) is 5.84. The standard InChI is InChI=1S/C25H30ClN5O/c1-18(27)16-20-2-6-21(7-3-20)24-23(26)17-28-25(30-24)29-22-8-4-19(5-9-22)10-11-31-12-14-32-15-13-31/h2-9,17-18H,10-16,27H2,1H3,(H,28,29,30)/t18-/m1/s1. The first-order valence-electron chi connectivity index (χ1n) is 11.1. The van der Waals surface area contributed by atoms with Gasteiger partial charge in [-0.1, -0.05) is 48.0 Å². The Morgan fingerprint density at radius 1 is 1.06 bits per heavy atom. The third-order valence-electron chi connectivity index (χ3n) is 5.56. The summed E-state index contributed by atoms with van der Waals surface area (Å²) >= 11 is 6.39. The molecule has 1 saturated heterocycles. The number of nitrogens with zero attached hydrogens (tertiary/aromatic N) is 3. The minimum atomic E-state index is 0.130. The molecule has 32 heavy (non-hydrogen) atoms. The number of benzene rings is 2. The highest BCUT2D eigenvalue weighted by Crippen LogP contribution is 2.27. The quantitative estimate of drug-likeness (QED) is 0.531. The van der Waals surface area contributed by atoms with Crippen LogP contribution >= 0.6 is 11.6 Å². The second kappa shape index (κ2) is 10.9. The van der Waals surface area contributed by atoms with Gasteiger partial charge < -0.3 is 15.8 Å². The number of hydrogen-bond acceptors (Lipinski definition) is 6. The van der Waals surface area contributed by atoms with Crippen molar-refractivity contribution in [2.45, 2.75) is 25.8 Å². The van der Waals surface area contributed by atoms with Crippen LogP contribution in [0.2, 0.25) is 5.02 Å². The number of aromatic nitrogens is 2. The fourth-order valence-electron chi connectivity index (χ4n) is 3.80. The molecule has 0 aliphatic carbocycles. The van der Waals surface area contributed by atoms with E-state index < -0.39 is 0 Å². The van der Waals surface area contributed by atoms with Gasteiger partial charge in [-0.3, -0.25) is 4.90 Å².